The highest BCUT2D eigenvalue weighted by Crippen LogP contribution is 2.27. The molecule has 0 amide bonds. The summed E-state index contributed by atoms with van der Waals surface area (Å²) in [7, 11) is 0.813. The number of hydrogen-bond acceptors (Lipinski definition) is 2. The van der Waals surface area contributed by atoms with Gasteiger partial charge in [0.15, 0.2) is 0 Å². The van der Waals surface area contributed by atoms with E-state index < -0.39 is 0 Å². The van der Waals surface area contributed by atoms with Crippen LogP contribution in [-0.2, 0) is 0 Å². The van der Waals surface area contributed by atoms with Crippen LogP contribution in [0.4, 0.5) is 5.69 Å². The van der Waals surface area contributed by atoms with Crippen LogP contribution in [0.5, 0.6) is 0 Å². The van der Waals surface area contributed by atoms with E-state index in [0.717, 1.165) is 23.4 Å². The molecule has 3 heteroatoms. The van der Waals surface area contributed by atoms with Crippen molar-refractivity contribution in [1.82, 2.24) is 0 Å². The molecule has 0 N–H and O–H groups in total. The summed E-state index contributed by atoms with van der Waals surface area (Å²) in [5, 5.41) is 0. The summed E-state index contributed by atoms with van der Waals surface area (Å²) in [4.78, 5) is 7.10. The van der Waals surface area contributed by atoms with Crippen LogP contribution in [0, 0.1) is 13.8 Å². The average molecular weight is 293 g/mol. The lowest BCUT2D eigenvalue weighted by molar-refractivity contribution is 1.31. The third-order valence-corrected chi connectivity index (χ3v) is 4.34. The highest BCUT2D eigenvalue weighted by molar-refractivity contribution is 8.05. The lowest BCUT2D eigenvalue weighted by atomic mass is 9.73. The van der Waals surface area contributed by atoms with Gasteiger partial charge in [-0.05, 0) is 54.4 Å². The van der Waals surface area contributed by atoms with E-state index in [-0.39, 0.29) is 0 Å². The Kier molecular flexibility index (Phi) is 5.46. The fraction of sp³-hybridized carbons (Fsp3) is 0.167. The van der Waals surface area contributed by atoms with Crippen LogP contribution in [0.25, 0.3) is 0 Å². The predicted octanol–water partition coefficient (Wildman–Crippen LogP) is 5.05. The molecular formula is C18H20BNS. The topological polar surface area (TPSA) is 12.4 Å². The zero-order valence-corrected chi connectivity index (χ0v) is 13.7. The molecule has 2 aromatic carbocycles. The molecule has 2 aromatic rings. The summed E-state index contributed by atoms with van der Waals surface area (Å²) >= 11 is 1.74. The first kappa shape index (κ1) is 15.6. The van der Waals surface area contributed by atoms with E-state index in [1.807, 2.05) is 12.1 Å². The Labute approximate surface area is 132 Å². The van der Waals surface area contributed by atoms with E-state index in [4.69, 9.17) is 4.99 Å². The smallest absolute Gasteiger partial charge is 0.218 e. The first-order valence-electron chi connectivity index (χ1n) is 7.07. The van der Waals surface area contributed by atoms with Crippen LogP contribution >= 0.6 is 11.8 Å². The minimum absolute atomic E-state index is 0.813. The van der Waals surface area contributed by atoms with E-state index in [1.165, 1.54) is 16.0 Å². The molecule has 0 bridgehead atoms. The molecule has 0 saturated heterocycles. The fourth-order valence-corrected chi connectivity index (χ4v) is 3.05. The van der Waals surface area contributed by atoms with Gasteiger partial charge in [0.25, 0.3) is 0 Å². The van der Waals surface area contributed by atoms with Crippen LogP contribution < -0.4 is 0 Å². The number of aryl methyl sites for hydroxylation is 2. The third kappa shape index (κ3) is 4.64. The van der Waals surface area contributed by atoms with Crippen LogP contribution in [0.2, 0.25) is 0 Å². The zero-order chi connectivity index (χ0) is 15.2. The second kappa shape index (κ2) is 7.32. The van der Waals surface area contributed by atoms with Gasteiger partial charge in [-0.2, -0.15) is 0 Å². The van der Waals surface area contributed by atoms with Gasteiger partial charge in [0.05, 0.1) is 5.69 Å². The predicted molar refractivity (Wildman–Crippen MR) is 97.3 cm³/mol. The minimum atomic E-state index is 0.813. The van der Waals surface area contributed by atoms with Crippen molar-refractivity contribution in [2.75, 3.05) is 0 Å². The molecular weight excluding hydrogens is 273 g/mol. The van der Waals surface area contributed by atoms with Crippen molar-refractivity contribution < 1.29 is 0 Å². The quantitative estimate of drug-likeness (QED) is 0.427. The van der Waals surface area contributed by atoms with Crippen LogP contribution in [0.3, 0.4) is 0 Å². The van der Waals surface area contributed by atoms with Gasteiger partial charge in [-0.1, -0.05) is 43.0 Å². The summed E-state index contributed by atoms with van der Waals surface area (Å²) in [5.41, 5.74) is 4.63. The van der Waals surface area contributed by atoms with Gasteiger partial charge < -0.3 is 0 Å². The summed E-state index contributed by atoms with van der Waals surface area (Å²) < 4.78 is 0. The normalized spacial score (nSPS) is 11.3. The maximum Gasteiger partial charge on any atom is 0.218 e. The first-order chi connectivity index (χ1) is 10.1. The van der Waals surface area contributed by atoms with E-state index >= 15 is 0 Å². The molecule has 0 fully saturated rings. The van der Waals surface area contributed by atoms with Gasteiger partial charge in [0, 0.05) is 4.90 Å². The first-order valence-corrected chi connectivity index (χ1v) is 7.89. The number of nitrogens with zero attached hydrogens (tertiary/aromatic N) is 1. The Morgan fingerprint density at radius 3 is 2.29 bits per heavy atom. The minimum Gasteiger partial charge on any atom is -0.268 e. The molecule has 0 aliphatic heterocycles. The average Bonchev–Trinajstić information content (AvgIpc) is 2.44. The molecule has 0 unspecified atom stereocenters. The second-order valence-electron chi connectivity index (χ2n) is 5.22. The van der Waals surface area contributed by atoms with E-state index in [1.54, 1.807) is 11.8 Å². The second-order valence-corrected chi connectivity index (χ2v) is 6.44. The zero-order valence-electron chi connectivity index (χ0n) is 12.9. The molecule has 0 aromatic heterocycles. The van der Waals surface area contributed by atoms with Crippen molar-refractivity contribution in [3.05, 3.63) is 71.0 Å². The molecule has 0 spiro atoms. The summed E-state index contributed by atoms with van der Waals surface area (Å²) in [5.74, 6) is 0. The molecule has 2 rings (SSSR count). The van der Waals surface area contributed by atoms with Crippen LogP contribution in [0.15, 0.2) is 69.8 Å². The molecule has 0 saturated carbocycles. The molecule has 106 valence electrons. The van der Waals surface area contributed by atoms with Crippen molar-refractivity contribution in [3.63, 3.8) is 0 Å². The van der Waals surface area contributed by atoms with Gasteiger partial charge in [-0.25, -0.2) is 0 Å². The number of benzene rings is 2. The van der Waals surface area contributed by atoms with Gasteiger partial charge >= 0.3 is 0 Å². The Bertz CT molecular complexity index is 676. The Morgan fingerprint density at radius 2 is 1.62 bits per heavy atom. The molecule has 1 nitrogen and oxygen atoms in total. The van der Waals surface area contributed by atoms with Crippen molar-refractivity contribution in [2.24, 2.45) is 4.99 Å². The van der Waals surface area contributed by atoms with E-state index in [2.05, 4.69) is 63.7 Å². The summed E-state index contributed by atoms with van der Waals surface area (Å²) in [6.45, 7) is 10.5. The highest BCUT2D eigenvalue weighted by atomic mass is 32.2. The number of aliphatic imine (C=N–C) groups is 1. The summed E-state index contributed by atoms with van der Waals surface area (Å²) in [6, 6.07) is 16.6. The monoisotopic (exact) mass is 293 g/mol. The maximum absolute atomic E-state index is 4.71. The Hall–Kier alpha value is -1.74. The number of rotatable bonds is 5. The van der Waals surface area contributed by atoms with Crippen molar-refractivity contribution >= 4 is 30.3 Å². The van der Waals surface area contributed by atoms with Crippen molar-refractivity contribution in [1.29, 1.82) is 0 Å². The molecule has 0 aliphatic carbocycles. The maximum atomic E-state index is 4.71. The van der Waals surface area contributed by atoms with Gasteiger partial charge in [0.2, 0.25) is 7.28 Å². The lowest BCUT2D eigenvalue weighted by Crippen LogP contribution is -2.05. The SMILES string of the molecule is C=C(B/C(C)=N/c1ccccc1C)Sc1ccccc1C. The van der Waals surface area contributed by atoms with Gasteiger partial charge in [0.1, 0.15) is 0 Å². The van der Waals surface area contributed by atoms with E-state index in [0.29, 0.717) is 0 Å². The number of hydrogen-bond donors (Lipinski definition) is 0. The van der Waals surface area contributed by atoms with Gasteiger partial charge in [-0.3, -0.25) is 4.99 Å². The largest absolute Gasteiger partial charge is 0.268 e. The summed E-state index contributed by atoms with van der Waals surface area (Å²) in [6.07, 6.45) is 0. The van der Waals surface area contributed by atoms with E-state index in [9.17, 15) is 0 Å². The van der Waals surface area contributed by atoms with Gasteiger partial charge in [-0.15, -0.1) is 11.8 Å². The number of thioether (sulfide) groups is 1. The van der Waals surface area contributed by atoms with Crippen molar-refractivity contribution in [2.45, 2.75) is 25.7 Å². The lowest BCUT2D eigenvalue weighted by Gasteiger charge is -2.07. The molecule has 21 heavy (non-hydrogen) atoms. The van der Waals surface area contributed by atoms with Crippen molar-refractivity contribution in [3.8, 4) is 0 Å². The Balaban J connectivity index is 2.03. The molecule has 0 atom stereocenters. The standard InChI is InChI=1S/C18H20BNS/c1-13-9-5-7-11-17(13)20-15(3)19-16(4)21-18-12-8-6-10-14(18)2/h5-12,19H,4H2,1-3H3/b20-15+. The third-order valence-electron chi connectivity index (χ3n) is 3.23. The Morgan fingerprint density at radius 1 is 1.00 bits per heavy atom. The highest BCUT2D eigenvalue weighted by Gasteiger charge is 2.05. The molecule has 0 aliphatic rings. The molecule has 0 heterocycles. The van der Waals surface area contributed by atoms with Crippen LogP contribution in [0.1, 0.15) is 18.1 Å². The molecule has 0 radical (unpaired) electrons. The number of para-hydroxylation sites is 1. The van der Waals surface area contributed by atoms with Crippen LogP contribution in [-0.4, -0.2) is 12.9 Å². The fourth-order valence-electron chi connectivity index (χ4n) is 2.08.